The quantitative estimate of drug-likeness (QED) is 0.884. The summed E-state index contributed by atoms with van der Waals surface area (Å²) in [5.41, 5.74) is 2.16. The third-order valence-corrected chi connectivity index (χ3v) is 3.44. The van der Waals surface area contributed by atoms with E-state index in [0.717, 1.165) is 12.1 Å². The number of benzene rings is 2. The molecule has 0 saturated heterocycles. The number of hydrogen-bond acceptors (Lipinski definition) is 2. The average molecular weight is 255 g/mol. The summed E-state index contributed by atoms with van der Waals surface area (Å²) < 4.78 is 0. The van der Waals surface area contributed by atoms with Gasteiger partial charge >= 0.3 is 0 Å². The summed E-state index contributed by atoms with van der Waals surface area (Å²) >= 11 is 0. The maximum absolute atomic E-state index is 10.4. The second kappa shape index (κ2) is 6.39. The van der Waals surface area contributed by atoms with Gasteiger partial charge in [0.2, 0.25) is 0 Å². The number of aliphatic hydroxyl groups is 1. The Kier molecular flexibility index (Phi) is 4.58. The molecule has 0 aromatic heterocycles. The van der Waals surface area contributed by atoms with Crippen LogP contribution in [0.1, 0.15) is 18.6 Å². The minimum atomic E-state index is -0.424. The third kappa shape index (κ3) is 3.58. The van der Waals surface area contributed by atoms with Gasteiger partial charge in [0.25, 0.3) is 0 Å². The standard InChI is InChI=1S/C17H21NO/c1-14(17(19)15-9-5-3-6-10-15)13-18(2)16-11-7-4-8-12-16/h3-12,14,17,19H,13H2,1-2H3. The van der Waals surface area contributed by atoms with E-state index in [-0.39, 0.29) is 5.92 Å². The first kappa shape index (κ1) is 13.6. The predicted octanol–water partition coefficient (Wildman–Crippen LogP) is 3.49. The molecule has 0 spiro atoms. The van der Waals surface area contributed by atoms with E-state index in [1.54, 1.807) is 0 Å². The molecule has 2 aromatic carbocycles. The zero-order valence-electron chi connectivity index (χ0n) is 11.5. The van der Waals surface area contributed by atoms with Gasteiger partial charge < -0.3 is 10.0 Å². The van der Waals surface area contributed by atoms with Gasteiger partial charge in [-0.05, 0) is 17.7 Å². The Bertz CT molecular complexity index is 483. The lowest BCUT2D eigenvalue weighted by Crippen LogP contribution is -2.27. The van der Waals surface area contributed by atoms with Crippen molar-refractivity contribution in [3.63, 3.8) is 0 Å². The fourth-order valence-corrected chi connectivity index (χ4v) is 2.30. The molecule has 0 heterocycles. The molecule has 0 fully saturated rings. The van der Waals surface area contributed by atoms with Crippen molar-refractivity contribution in [1.29, 1.82) is 0 Å². The zero-order chi connectivity index (χ0) is 13.7. The van der Waals surface area contributed by atoms with Crippen LogP contribution in [0.3, 0.4) is 0 Å². The van der Waals surface area contributed by atoms with Crippen LogP contribution in [0.15, 0.2) is 60.7 Å². The Morgan fingerprint density at radius 1 is 0.947 bits per heavy atom. The normalized spacial score (nSPS) is 13.8. The number of aliphatic hydroxyl groups excluding tert-OH is 1. The van der Waals surface area contributed by atoms with E-state index in [4.69, 9.17) is 0 Å². The second-order valence-corrected chi connectivity index (χ2v) is 5.05. The Labute approximate surface area is 115 Å². The van der Waals surface area contributed by atoms with Crippen LogP contribution in [0.25, 0.3) is 0 Å². The van der Waals surface area contributed by atoms with E-state index in [1.807, 2.05) is 48.5 Å². The molecule has 2 unspecified atom stereocenters. The third-order valence-electron chi connectivity index (χ3n) is 3.44. The molecular formula is C17H21NO. The summed E-state index contributed by atoms with van der Waals surface area (Å²) in [6, 6.07) is 20.1. The van der Waals surface area contributed by atoms with Crippen LogP contribution < -0.4 is 4.90 Å². The lowest BCUT2D eigenvalue weighted by Gasteiger charge is -2.26. The van der Waals surface area contributed by atoms with Crippen LogP contribution in [0.2, 0.25) is 0 Å². The molecule has 2 nitrogen and oxygen atoms in total. The molecule has 0 aliphatic heterocycles. The van der Waals surface area contributed by atoms with E-state index in [9.17, 15) is 5.11 Å². The van der Waals surface area contributed by atoms with Gasteiger partial charge in [-0.25, -0.2) is 0 Å². The number of hydrogen-bond donors (Lipinski definition) is 1. The van der Waals surface area contributed by atoms with Gasteiger partial charge in [0.15, 0.2) is 0 Å². The highest BCUT2D eigenvalue weighted by Gasteiger charge is 2.17. The van der Waals surface area contributed by atoms with Crippen molar-refractivity contribution >= 4 is 5.69 Å². The molecule has 0 saturated carbocycles. The highest BCUT2D eigenvalue weighted by molar-refractivity contribution is 5.45. The Morgan fingerprint density at radius 2 is 1.47 bits per heavy atom. The largest absolute Gasteiger partial charge is 0.388 e. The van der Waals surface area contributed by atoms with Crippen molar-refractivity contribution in [2.75, 3.05) is 18.5 Å². The molecule has 0 amide bonds. The first-order chi connectivity index (χ1) is 9.18. The molecule has 2 heteroatoms. The van der Waals surface area contributed by atoms with Crippen LogP contribution >= 0.6 is 0 Å². The molecule has 0 aliphatic rings. The lowest BCUT2D eigenvalue weighted by molar-refractivity contribution is 0.121. The van der Waals surface area contributed by atoms with Gasteiger partial charge in [-0.15, -0.1) is 0 Å². The maximum Gasteiger partial charge on any atom is 0.0832 e. The predicted molar refractivity (Wildman–Crippen MR) is 80.3 cm³/mol. The summed E-state index contributed by atoms with van der Waals surface area (Å²) in [5, 5.41) is 10.4. The van der Waals surface area contributed by atoms with E-state index >= 15 is 0 Å². The smallest absolute Gasteiger partial charge is 0.0832 e. The van der Waals surface area contributed by atoms with Crippen LogP contribution in [0.5, 0.6) is 0 Å². The molecule has 1 N–H and O–H groups in total. The molecule has 0 radical (unpaired) electrons. The van der Waals surface area contributed by atoms with Crippen molar-refractivity contribution in [3.05, 3.63) is 66.2 Å². The van der Waals surface area contributed by atoms with Crippen molar-refractivity contribution in [1.82, 2.24) is 0 Å². The van der Waals surface area contributed by atoms with Crippen LogP contribution in [0.4, 0.5) is 5.69 Å². The minimum absolute atomic E-state index is 0.174. The van der Waals surface area contributed by atoms with Gasteiger partial charge in [0.1, 0.15) is 0 Å². The van der Waals surface area contributed by atoms with Gasteiger partial charge in [-0.3, -0.25) is 0 Å². The van der Waals surface area contributed by atoms with Crippen molar-refractivity contribution < 1.29 is 5.11 Å². The molecule has 0 bridgehead atoms. The first-order valence-corrected chi connectivity index (χ1v) is 6.67. The number of anilines is 1. The molecule has 2 aromatic rings. The number of nitrogens with zero attached hydrogens (tertiary/aromatic N) is 1. The fraction of sp³-hybridized carbons (Fsp3) is 0.294. The molecule has 19 heavy (non-hydrogen) atoms. The summed E-state index contributed by atoms with van der Waals surface area (Å²) in [6.45, 7) is 2.90. The van der Waals surface area contributed by atoms with Crippen LogP contribution in [-0.4, -0.2) is 18.7 Å². The molecular weight excluding hydrogens is 234 g/mol. The highest BCUT2D eigenvalue weighted by atomic mass is 16.3. The van der Waals surface area contributed by atoms with Gasteiger partial charge in [-0.1, -0.05) is 55.5 Å². The van der Waals surface area contributed by atoms with Crippen molar-refractivity contribution in [2.24, 2.45) is 5.92 Å². The Hall–Kier alpha value is -1.80. The topological polar surface area (TPSA) is 23.5 Å². The number of para-hydroxylation sites is 1. The number of rotatable bonds is 5. The van der Waals surface area contributed by atoms with E-state index < -0.39 is 6.10 Å². The molecule has 100 valence electrons. The van der Waals surface area contributed by atoms with Crippen molar-refractivity contribution in [2.45, 2.75) is 13.0 Å². The Morgan fingerprint density at radius 3 is 2.05 bits per heavy atom. The van der Waals surface area contributed by atoms with Crippen LogP contribution in [-0.2, 0) is 0 Å². The summed E-state index contributed by atoms with van der Waals surface area (Å²) in [7, 11) is 2.06. The van der Waals surface area contributed by atoms with Gasteiger partial charge in [-0.2, -0.15) is 0 Å². The SMILES string of the molecule is CC(CN(C)c1ccccc1)C(O)c1ccccc1. The average Bonchev–Trinajstić information content (AvgIpc) is 2.48. The van der Waals surface area contributed by atoms with E-state index in [1.165, 1.54) is 5.69 Å². The summed E-state index contributed by atoms with van der Waals surface area (Å²) in [6.07, 6.45) is -0.424. The first-order valence-electron chi connectivity index (χ1n) is 6.67. The summed E-state index contributed by atoms with van der Waals surface area (Å²) in [5.74, 6) is 0.174. The van der Waals surface area contributed by atoms with Crippen LogP contribution in [0, 0.1) is 5.92 Å². The maximum atomic E-state index is 10.4. The van der Waals surface area contributed by atoms with E-state index in [0.29, 0.717) is 0 Å². The van der Waals surface area contributed by atoms with E-state index in [2.05, 4.69) is 31.0 Å². The monoisotopic (exact) mass is 255 g/mol. The molecule has 2 rings (SSSR count). The minimum Gasteiger partial charge on any atom is -0.388 e. The molecule has 2 atom stereocenters. The highest BCUT2D eigenvalue weighted by Crippen LogP contribution is 2.23. The fourth-order valence-electron chi connectivity index (χ4n) is 2.30. The van der Waals surface area contributed by atoms with Crippen molar-refractivity contribution in [3.8, 4) is 0 Å². The van der Waals surface area contributed by atoms with Gasteiger partial charge in [0.05, 0.1) is 6.10 Å². The molecule has 0 aliphatic carbocycles. The second-order valence-electron chi connectivity index (χ2n) is 5.05. The van der Waals surface area contributed by atoms with Gasteiger partial charge in [0, 0.05) is 25.2 Å². The summed E-state index contributed by atoms with van der Waals surface area (Å²) in [4.78, 5) is 2.18. The zero-order valence-corrected chi connectivity index (χ0v) is 11.5. The Balaban J connectivity index is 1.99. The lowest BCUT2D eigenvalue weighted by atomic mass is 9.97.